The lowest BCUT2D eigenvalue weighted by Crippen LogP contribution is -2.56. The van der Waals surface area contributed by atoms with Gasteiger partial charge in [0, 0.05) is 10.3 Å². The molecule has 4 aliphatic carbocycles. The fourth-order valence-electron chi connectivity index (χ4n) is 6.46. The van der Waals surface area contributed by atoms with Crippen LogP contribution in [0.15, 0.2) is 22.8 Å². The largest absolute Gasteiger partial charge is 0.493 e. The molecule has 176 valence electrons. The predicted molar refractivity (Wildman–Crippen MR) is 121 cm³/mol. The van der Waals surface area contributed by atoms with E-state index in [0.29, 0.717) is 34.8 Å². The highest BCUT2D eigenvalue weighted by Gasteiger charge is 2.60. The number of esters is 1. The Morgan fingerprint density at radius 1 is 1.21 bits per heavy atom. The van der Waals surface area contributed by atoms with Crippen LogP contribution in [0.3, 0.4) is 0 Å². The average molecular weight is 475 g/mol. The maximum absolute atomic E-state index is 12.7. The molecule has 1 heterocycles. The maximum atomic E-state index is 12.7. The number of amides is 1. The van der Waals surface area contributed by atoms with Gasteiger partial charge in [0.15, 0.2) is 23.8 Å². The van der Waals surface area contributed by atoms with Crippen molar-refractivity contribution >= 4 is 35.5 Å². The summed E-state index contributed by atoms with van der Waals surface area (Å²) in [4.78, 5) is 28.3. The first kappa shape index (κ1) is 22.1. The van der Waals surface area contributed by atoms with Crippen LogP contribution in [0.5, 0.6) is 17.2 Å². The fraction of sp³-hybridized carbons (Fsp3) is 0.542. The van der Waals surface area contributed by atoms with Gasteiger partial charge in [-0.15, -0.1) is 11.6 Å². The van der Waals surface area contributed by atoms with E-state index < -0.39 is 11.9 Å². The summed E-state index contributed by atoms with van der Waals surface area (Å²) in [7, 11) is 2.94. The topological polar surface area (TPSA) is 109 Å². The Morgan fingerprint density at radius 3 is 2.39 bits per heavy atom. The van der Waals surface area contributed by atoms with E-state index in [-0.39, 0.29) is 28.3 Å². The molecule has 8 nitrogen and oxygen atoms in total. The second kappa shape index (κ2) is 7.94. The van der Waals surface area contributed by atoms with Gasteiger partial charge in [-0.3, -0.25) is 4.79 Å². The third-order valence-corrected chi connectivity index (χ3v) is 7.65. The minimum absolute atomic E-state index is 0.201. The van der Waals surface area contributed by atoms with Crippen LogP contribution in [-0.4, -0.2) is 43.5 Å². The third kappa shape index (κ3) is 3.94. The second-order valence-corrected chi connectivity index (χ2v) is 10.5. The molecule has 0 aromatic heterocycles. The molecule has 0 spiro atoms. The number of hydrogen-bond donors (Lipinski definition) is 1. The van der Waals surface area contributed by atoms with Crippen LogP contribution in [-0.2, 0) is 14.3 Å². The van der Waals surface area contributed by atoms with E-state index in [9.17, 15) is 9.59 Å². The predicted octanol–water partition coefficient (Wildman–Crippen LogP) is 3.44. The molecule has 4 bridgehead atoms. The van der Waals surface area contributed by atoms with Gasteiger partial charge in [-0.05, 0) is 74.1 Å². The smallest absolute Gasteiger partial charge is 0.363 e. The van der Waals surface area contributed by atoms with Crippen molar-refractivity contribution < 1.29 is 28.5 Å². The summed E-state index contributed by atoms with van der Waals surface area (Å²) in [5, 5.41) is 0. The molecule has 0 saturated heterocycles. The van der Waals surface area contributed by atoms with Gasteiger partial charge < -0.3 is 24.7 Å². The zero-order valence-corrected chi connectivity index (χ0v) is 19.4. The molecular formula is C24H27ClN2O6. The van der Waals surface area contributed by atoms with Crippen LogP contribution in [0.2, 0.25) is 0 Å². The minimum Gasteiger partial charge on any atom is -0.493 e. The highest BCUT2D eigenvalue weighted by molar-refractivity contribution is 6.24. The lowest BCUT2D eigenvalue weighted by Gasteiger charge is -2.59. The van der Waals surface area contributed by atoms with Gasteiger partial charge in [0.05, 0.1) is 14.2 Å². The van der Waals surface area contributed by atoms with Crippen molar-refractivity contribution in [2.75, 3.05) is 20.8 Å². The highest BCUT2D eigenvalue weighted by atomic mass is 35.5. The SMILES string of the molecule is COc1cc(C=C2N=C(C34CC5CC(CC(Cl)(C5)C3)C4)OC2=O)cc(OC)c1OCC(N)=O. The first-order chi connectivity index (χ1) is 15.7. The van der Waals surface area contributed by atoms with E-state index >= 15 is 0 Å². The molecule has 6 rings (SSSR count). The van der Waals surface area contributed by atoms with E-state index in [1.807, 2.05) is 0 Å². The molecule has 1 amide bonds. The molecule has 2 N–H and O–H groups in total. The molecule has 2 unspecified atom stereocenters. The summed E-state index contributed by atoms with van der Waals surface area (Å²) in [5.74, 6) is 1.48. The van der Waals surface area contributed by atoms with Gasteiger partial charge in [-0.1, -0.05) is 0 Å². The Hall–Kier alpha value is -2.74. The van der Waals surface area contributed by atoms with Crippen molar-refractivity contribution in [3.63, 3.8) is 0 Å². The van der Waals surface area contributed by atoms with Crippen LogP contribution in [0.4, 0.5) is 0 Å². The highest BCUT2D eigenvalue weighted by Crippen LogP contribution is 2.64. The van der Waals surface area contributed by atoms with Gasteiger partial charge >= 0.3 is 5.97 Å². The lowest BCUT2D eigenvalue weighted by atomic mass is 9.49. The number of alkyl halides is 1. The van der Waals surface area contributed by atoms with Crippen molar-refractivity contribution in [3.8, 4) is 17.2 Å². The third-order valence-electron chi connectivity index (χ3n) is 7.21. The summed E-state index contributed by atoms with van der Waals surface area (Å²) in [6, 6.07) is 3.34. The van der Waals surface area contributed by atoms with Gasteiger partial charge in [-0.2, -0.15) is 0 Å². The summed E-state index contributed by atoms with van der Waals surface area (Å²) in [6.07, 6.45) is 7.69. The van der Waals surface area contributed by atoms with Gasteiger partial charge in [0.2, 0.25) is 11.6 Å². The molecule has 2 atom stereocenters. The number of carbonyl (C=O) groups excluding carboxylic acids is 2. The van der Waals surface area contributed by atoms with Gasteiger partial charge in [0.25, 0.3) is 5.91 Å². The number of primary amides is 1. The van der Waals surface area contributed by atoms with Crippen LogP contribution < -0.4 is 19.9 Å². The molecule has 1 aromatic rings. The monoisotopic (exact) mass is 474 g/mol. The lowest BCUT2D eigenvalue weighted by molar-refractivity contribution is -0.131. The number of nitrogens with two attached hydrogens (primary N) is 1. The Morgan fingerprint density at radius 2 is 1.85 bits per heavy atom. The molecule has 5 aliphatic rings. The maximum Gasteiger partial charge on any atom is 0.363 e. The molecule has 4 saturated carbocycles. The number of methoxy groups -OCH3 is 2. The Balaban J connectivity index is 1.46. The second-order valence-electron chi connectivity index (χ2n) is 9.74. The van der Waals surface area contributed by atoms with Crippen molar-refractivity contribution in [2.45, 2.75) is 43.4 Å². The number of halogens is 1. The first-order valence-corrected chi connectivity index (χ1v) is 11.5. The summed E-state index contributed by atoms with van der Waals surface area (Å²) in [5.41, 5.74) is 5.76. The molecule has 1 aliphatic heterocycles. The molecular weight excluding hydrogens is 448 g/mol. The van der Waals surface area contributed by atoms with Crippen LogP contribution >= 0.6 is 11.6 Å². The Bertz CT molecular complexity index is 1040. The number of rotatable bonds is 7. The standard InChI is InChI=1S/C24H27ClN2O6/c1-30-17-5-13(6-18(31-2)20(17)32-11-19(26)28)4-16-21(29)33-22(27-16)23-7-14-3-15(8-23)10-24(25,9-14)12-23/h4-6,14-15H,3,7-12H2,1-2H3,(H2,26,28). The number of hydrogen-bond acceptors (Lipinski definition) is 7. The Kier molecular flexibility index (Phi) is 5.31. The number of carbonyl (C=O) groups is 2. The molecule has 1 aromatic carbocycles. The number of nitrogens with zero attached hydrogens (tertiary/aromatic N) is 1. The van der Waals surface area contributed by atoms with E-state index in [1.54, 1.807) is 18.2 Å². The van der Waals surface area contributed by atoms with Crippen molar-refractivity contribution in [3.05, 3.63) is 23.4 Å². The first-order valence-electron chi connectivity index (χ1n) is 11.1. The summed E-state index contributed by atoms with van der Waals surface area (Å²) >= 11 is 6.95. The van der Waals surface area contributed by atoms with Crippen molar-refractivity contribution in [1.82, 2.24) is 0 Å². The summed E-state index contributed by atoms with van der Waals surface area (Å²) < 4.78 is 22.0. The normalized spacial score (nSPS) is 33.1. The van der Waals surface area contributed by atoms with Crippen LogP contribution in [0, 0.1) is 17.3 Å². The van der Waals surface area contributed by atoms with E-state index in [1.165, 1.54) is 20.6 Å². The number of aliphatic imine (C=N–C) groups is 1. The molecule has 4 fully saturated rings. The Labute approximate surface area is 197 Å². The van der Waals surface area contributed by atoms with Crippen molar-refractivity contribution in [2.24, 2.45) is 28.0 Å². The zero-order valence-electron chi connectivity index (χ0n) is 18.7. The fourth-order valence-corrected chi connectivity index (χ4v) is 7.16. The molecule has 9 heteroatoms. The quantitative estimate of drug-likeness (QED) is 0.368. The molecule has 33 heavy (non-hydrogen) atoms. The van der Waals surface area contributed by atoms with Crippen molar-refractivity contribution in [1.29, 1.82) is 0 Å². The van der Waals surface area contributed by atoms with E-state index in [2.05, 4.69) is 4.99 Å². The molecule has 0 radical (unpaired) electrons. The summed E-state index contributed by atoms with van der Waals surface area (Å²) in [6.45, 7) is -0.320. The van der Waals surface area contributed by atoms with E-state index in [4.69, 9.17) is 36.3 Å². The van der Waals surface area contributed by atoms with Gasteiger partial charge in [-0.25, -0.2) is 9.79 Å². The van der Waals surface area contributed by atoms with Crippen LogP contribution in [0.1, 0.15) is 44.1 Å². The number of cyclic esters (lactones) is 1. The van der Waals surface area contributed by atoms with Gasteiger partial charge in [0.1, 0.15) is 0 Å². The minimum atomic E-state index is -0.621. The van der Waals surface area contributed by atoms with Crippen LogP contribution in [0.25, 0.3) is 6.08 Å². The average Bonchev–Trinajstić information content (AvgIpc) is 3.11. The zero-order chi connectivity index (χ0) is 23.4. The number of ether oxygens (including phenoxy) is 4. The van der Waals surface area contributed by atoms with E-state index in [0.717, 1.165) is 32.1 Å². The number of benzene rings is 1.